The highest BCUT2D eigenvalue weighted by molar-refractivity contribution is 8.00. The molecule has 1 atom stereocenters. The van der Waals surface area contributed by atoms with E-state index in [1.54, 1.807) is 0 Å². The zero-order chi connectivity index (χ0) is 15.1. The Morgan fingerprint density at radius 2 is 1.67 bits per heavy atom. The lowest BCUT2D eigenvalue weighted by molar-refractivity contribution is -0.121. The van der Waals surface area contributed by atoms with Crippen LogP contribution in [0.3, 0.4) is 0 Å². The third-order valence-electron chi connectivity index (χ3n) is 3.26. The Balaban J connectivity index is 1.97. The molecule has 4 heteroatoms. The third kappa shape index (κ3) is 4.34. The molecule has 0 fully saturated rings. The Labute approximate surface area is 129 Å². The van der Waals surface area contributed by atoms with Gasteiger partial charge in [-0.05, 0) is 24.6 Å². The van der Waals surface area contributed by atoms with Crippen LogP contribution < -0.4 is 5.32 Å². The lowest BCUT2D eigenvalue weighted by Crippen LogP contribution is -2.47. The minimum absolute atomic E-state index is 0.0933. The maximum Gasteiger partial charge on any atom is 0.231 e. The lowest BCUT2D eigenvalue weighted by atomic mass is 9.93. The highest BCUT2D eigenvalue weighted by Gasteiger charge is 2.27. The monoisotopic (exact) mass is 301 g/mol. The molecular weight excluding hydrogens is 282 g/mol. The minimum Gasteiger partial charge on any atom is -0.394 e. The van der Waals surface area contributed by atoms with Crippen LogP contribution in [-0.4, -0.2) is 23.4 Å². The van der Waals surface area contributed by atoms with Crippen LogP contribution in [0.2, 0.25) is 0 Å². The van der Waals surface area contributed by atoms with E-state index in [2.05, 4.69) is 5.32 Å². The summed E-state index contributed by atoms with van der Waals surface area (Å²) in [4.78, 5) is 13.2. The zero-order valence-corrected chi connectivity index (χ0v) is 12.8. The van der Waals surface area contributed by atoms with E-state index in [0.717, 1.165) is 10.5 Å². The van der Waals surface area contributed by atoms with E-state index in [0.29, 0.717) is 5.75 Å². The van der Waals surface area contributed by atoms with Gasteiger partial charge in [0.05, 0.1) is 17.9 Å². The fourth-order valence-corrected chi connectivity index (χ4v) is 2.74. The molecular formula is C17H19NO2S. The maximum atomic E-state index is 12.1. The van der Waals surface area contributed by atoms with Crippen molar-refractivity contribution in [1.29, 1.82) is 0 Å². The van der Waals surface area contributed by atoms with Crippen LogP contribution in [0.15, 0.2) is 65.6 Å². The molecule has 2 N–H and O–H groups in total. The van der Waals surface area contributed by atoms with Crippen LogP contribution in [0.1, 0.15) is 12.5 Å². The summed E-state index contributed by atoms with van der Waals surface area (Å²) in [5, 5.41) is 12.6. The molecule has 0 heterocycles. The van der Waals surface area contributed by atoms with Crippen molar-refractivity contribution in [3.63, 3.8) is 0 Å². The van der Waals surface area contributed by atoms with Crippen molar-refractivity contribution in [2.24, 2.45) is 0 Å². The van der Waals surface area contributed by atoms with Gasteiger partial charge in [0.2, 0.25) is 5.91 Å². The van der Waals surface area contributed by atoms with Crippen molar-refractivity contribution in [3.8, 4) is 0 Å². The van der Waals surface area contributed by atoms with Crippen LogP contribution >= 0.6 is 11.8 Å². The number of carbonyl (C=O) groups is 1. The van der Waals surface area contributed by atoms with Gasteiger partial charge in [-0.25, -0.2) is 0 Å². The molecule has 1 unspecified atom stereocenters. The second kappa shape index (κ2) is 7.29. The van der Waals surface area contributed by atoms with Crippen LogP contribution in [0.4, 0.5) is 0 Å². The summed E-state index contributed by atoms with van der Waals surface area (Å²) in [5.74, 6) is 0.233. The van der Waals surface area contributed by atoms with Crippen molar-refractivity contribution >= 4 is 17.7 Å². The van der Waals surface area contributed by atoms with Crippen molar-refractivity contribution < 1.29 is 9.90 Å². The Bertz CT molecular complexity index is 574. The first-order valence-corrected chi connectivity index (χ1v) is 7.78. The topological polar surface area (TPSA) is 49.3 Å². The van der Waals surface area contributed by atoms with Gasteiger partial charge in [-0.2, -0.15) is 0 Å². The molecule has 21 heavy (non-hydrogen) atoms. The molecule has 2 rings (SSSR count). The van der Waals surface area contributed by atoms with Crippen molar-refractivity contribution in [2.75, 3.05) is 12.4 Å². The molecule has 0 aromatic heterocycles. The molecule has 0 saturated heterocycles. The van der Waals surface area contributed by atoms with Gasteiger partial charge < -0.3 is 10.4 Å². The normalized spacial score (nSPS) is 13.4. The number of benzene rings is 2. The summed E-state index contributed by atoms with van der Waals surface area (Å²) in [6, 6.07) is 19.3. The number of nitrogens with one attached hydrogen (secondary N) is 1. The van der Waals surface area contributed by atoms with Gasteiger partial charge >= 0.3 is 0 Å². The zero-order valence-electron chi connectivity index (χ0n) is 12.0. The van der Waals surface area contributed by atoms with Gasteiger partial charge in [-0.3, -0.25) is 4.79 Å². The first kappa shape index (κ1) is 15.6. The summed E-state index contributed by atoms with van der Waals surface area (Å²) in [6.45, 7) is 1.69. The number of carbonyl (C=O) groups excluding carboxylic acids is 1. The molecule has 1 amide bonds. The van der Waals surface area contributed by atoms with E-state index >= 15 is 0 Å². The van der Waals surface area contributed by atoms with Gasteiger partial charge in [0.1, 0.15) is 0 Å². The number of rotatable bonds is 6. The van der Waals surface area contributed by atoms with Crippen molar-refractivity contribution in [3.05, 3.63) is 66.2 Å². The van der Waals surface area contributed by atoms with Crippen LogP contribution in [0.25, 0.3) is 0 Å². The van der Waals surface area contributed by atoms with Gasteiger partial charge in [0.25, 0.3) is 0 Å². The molecule has 110 valence electrons. The standard InChI is InChI=1S/C17H19NO2S/c1-17(13-19,14-8-4-2-5-9-14)18-16(20)12-21-15-10-6-3-7-11-15/h2-11,19H,12-13H2,1H3,(H,18,20). The second-order valence-corrected chi connectivity index (χ2v) is 6.05. The Morgan fingerprint density at radius 1 is 1.10 bits per heavy atom. The van der Waals surface area contributed by atoms with E-state index in [1.165, 1.54) is 11.8 Å². The highest BCUT2D eigenvalue weighted by Crippen LogP contribution is 2.21. The smallest absolute Gasteiger partial charge is 0.231 e. The lowest BCUT2D eigenvalue weighted by Gasteiger charge is -2.29. The summed E-state index contributed by atoms with van der Waals surface area (Å²) < 4.78 is 0. The van der Waals surface area contributed by atoms with Crippen LogP contribution in [0.5, 0.6) is 0 Å². The van der Waals surface area contributed by atoms with Gasteiger partial charge in [0.15, 0.2) is 0 Å². The van der Waals surface area contributed by atoms with Gasteiger partial charge in [-0.1, -0.05) is 48.5 Å². The number of aliphatic hydroxyl groups is 1. The molecule has 0 spiro atoms. The van der Waals surface area contributed by atoms with Crippen molar-refractivity contribution in [1.82, 2.24) is 5.32 Å². The molecule has 0 aliphatic rings. The highest BCUT2D eigenvalue weighted by atomic mass is 32.2. The average Bonchev–Trinajstić information content (AvgIpc) is 2.54. The molecule has 2 aromatic carbocycles. The summed E-state index contributed by atoms with van der Waals surface area (Å²) in [5.41, 5.74) is 0.140. The molecule has 2 aromatic rings. The number of hydrogen-bond acceptors (Lipinski definition) is 3. The number of thioether (sulfide) groups is 1. The van der Waals surface area contributed by atoms with Gasteiger partial charge in [-0.15, -0.1) is 11.8 Å². The predicted octanol–water partition coefficient (Wildman–Crippen LogP) is 2.80. The SMILES string of the molecule is CC(CO)(NC(=O)CSc1ccccc1)c1ccccc1. The molecule has 0 bridgehead atoms. The molecule has 0 radical (unpaired) electrons. The fourth-order valence-electron chi connectivity index (χ4n) is 2.02. The molecule has 0 saturated carbocycles. The third-order valence-corrected chi connectivity index (χ3v) is 4.27. The van der Waals surface area contributed by atoms with E-state index in [1.807, 2.05) is 67.6 Å². The Morgan fingerprint density at radius 3 is 2.24 bits per heavy atom. The molecule has 0 aliphatic heterocycles. The summed E-state index contributed by atoms with van der Waals surface area (Å²) in [6.07, 6.45) is 0. The van der Waals surface area contributed by atoms with Crippen LogP contribution in [-0.2, 0) is 10.3 Å². The van der Waals surface area contributed by atoms with E-state index in [4.69, 9.17) is 0 Å². The molecule has 3 nitrogen and oxygen atoms in total. The molecule has 0 aliphatic carbocycles. The first-order chi connectivity index (χ1) is 10.1. The fraction of sp³-hybridized carbons (Fsp3) is 0.235. The largest absolute Gasteiger partial charge is 0.394 e. The quantitative estimate of drug-likeness (QED) is 0.807. The number of hydrogen-bond donors (Lipinski definition) is 2. The first-order valence-electron chi connectivity index (χ1n) is 6.79. The number of amides is 1. The van der Waals surface area contributed by atoms with Crippen LogP contribution in [0, 0.1) is 0 Å². The van der Waals surface area contributed by atoms with Crippen molar-refractivity contribution in [2.45, 2.75) is 17.4 Å². The second-order valence-electron chi connectivity index (χ2n) is 5.01. The summed E-state index contributed by atoms with van der Waals surface area (Å²) in [7, 11) is 0. The predicted molar refractivity (Wildman–Crippen MR) is 86.2 cm³/mol. The Hall–Kier alpha value is -1.78. The Kier molecular flexibility index (Phi) is 5.42. The van der Waals surface area contributed by atoms with E-state index < -0.39 is 5.54 Å². The average molecular weight is 301 g/mol. The minimum atomic E-state index is -0.754. The maximum absolute atomic E-state index is 12.1. The summed E-state index contributed by atoms with van der Waals surface area (Å²) >= 11 is 1.48. The van der Waals surface area contributed by atoms with E-state index in [9.17, 15) is 9.90 Å². The van der Waals surface area contributed by atoms with E-state index in [-0.39, 0.29) is 12.5 Å². The number of aliphatic hydroxyl groups excluding tert-OH is 1. The van der Waals surface area contributed by atoms with Gasteiger partial charge in [0, 0.05) is 4.90 Å².